The van der Waals surface area contributed by atoms with Crippen molar-refractivity contribution in [2.75, 3.05) is 16.8 Å². The molecule has 1 aromatic carbocycles. The molecule has 3 aromatic rings. The first kappa shape index (κ1) is 20.2. The van der Waals surface area contributed by atoms with Gasteiger partial charge in [-0.3, -0.25) is 9.69 Å². The molecule has 0 aliphatic carbocycles. The number of hydrogen-bond donors (Lipinski definition) is 2. The van der Waals surface area contributed by atoms with E-state index in [0.29, 0.717) is 28.8 Å². The van der Waals surface area contributed by atoms with Gasteiger partial charge in [-0.1, -0.05) is 31.5 Å². The highest BCUT2D eigenvalue weighted by molar-refractivity contribution is 6.31. The Morgan fingerprint density at radius 2 is 2.00 bits per heavy atom. The Kier molecular flexibility index (Phi) is 5.39. The van der Waals surface area contributed by atoms with Crippen molar-refractivity contribution in [3.05, 3.63) is 63.4 Å². The number of fused-ring (bicyclic) bond motifs is 1. The summed E-state index contributed by atoms with van der Waals surface area (Å²) in [5.41, 5.74) is 1.12. The summed E-state index contributed by atoms with van der Waals surface area (Å²) in [4.78, 5) is 33.9. The van der Waals surface area contributed by atoms with E-state index in [1.807, 2.05) is 39.0 Å². The number of nitrogens with one attached hydrogen (secondary N) is 2. The second kappa shape index (κ2) is 7.99. The van der Waals surface area contributed by atoms with Crippen molar-refractivity contribution in [3.8, 4) is 0 Å². The van der Waals surface area contributed by atoms with Crippen molar-refractivity contribution < 1.29 is 9.53 Å². The molecule has 30 heavy (non-hydrogen) atoms. The van der Waals surface area contributed by atoms with E-state index in [4.69, 9.17) is 16.3 Å². The summed E-state index contributed by atoms with van der Waals surface area (Å²) in [5.74, 6) is 1.32. The number of pyridine rings is 2. The number of H-pyrrole nitrogens is 1. The number of hydrogen-bond acceptors (Lipinski definition) is 5. The lowest BCUT2D eigenvalue weighted by Crippen LogP contribution is -2.37. The predicted octanol–water partition coefficient (Wildman–Crippen LogP) is 4.73. The Hall–Kier alpha value is -3.06. The molecule has 156 valence electrons. The Bertz CT molecular complexity index is 1160. The smallest absolute Gasteiger partial charge is 0.415 e. The van der Waals surface area contributed by atoms with Crippen LogP contribution < -0.4 is 15.8 Å². The molecule has 2 N–H and O–H groups in total. The number of ether oxygens (including phenoxy) is 1. The van der Waals surface area contributed by atoms with Crippen LogP contribution in [0, 0.1) is 5.92 Å². The van der Waals surface area contributed by atoms with Gasteiger partial charge >= 0.3 is 6.09 Å². The van der Waals surface area contributed by atoms with Crippen LogP contribution in [-0.2, 0) is 4.74 Å². The molecular formula is C22H23ClN4O3. The third-order valence-electron chi connectivity index (χ3n) is 5.32. The molecule has 0 radical (unpaired) electrons. The van der Waals surface area contributed by atoms with E-state index in [2.05, 4.69) is 15.3 Å². The maximum atomic E-state index is 12.6. The highest BCUT2D eigenvalue weighted by Crippen LogP contribution is 2.27. The van der Waals surface area contributed by atoms with Gasteiger partial charge in [0.05, 0.1) is 12.1 Å². The number of carbonyl (C=O) groups is 1. The van der Waals surface area contributed by atoms with Crippen molar-refractivity contribution in [2.24, 2.45) is 5.92 Å². The van der Waals surface area contributed by atoms with Crippen LogP contribution in [-0.4, -0.2) is 28.7 Å². The zero-order chi connectivity index (χ0) is 21.4. The lowest BCUT2D eigenvalue weighted by molar-refractivity contribution is 0.177. The monoisotopic (exact) mass is 426 g/mol. The van der Waals surface area contributed by atoms with Gasteiger partial charge in [0.1, 0.15) is 18.2 Å². The first-order chi connectivity index (χ1) is 14.3. The van der Waals surface area contributed by atoms with Crippen LogP contribution in [0.4, 0.5) is 16.4 Å². The van der Waals surface area contributed by atoms with E-state index in [1.165, 1.54) is 0 Å². The summed E-state index contributed by atoms with van der Waals surface area (Å²) in [6, 6.07) is 12.2. The third kappa shape index (κ3) is 3.85. The molecule has 0 unspecified atom stereocenters. The second-order valence-electron chi connectivity index (χ2n) is 7.79. The van der Waals surface area contributed by atoms with E-state index < -0.39 is 6.09 Å². The average Bonchev–Trinajstić information content (AvgIpc) is 3.09. The number of carbonyl (C=O) groups excluding carboxylic acids is 1. The number of cyclic esters (lactones) is 1. The first-order valence-corrected chi connectivity index (χ1v) is 10.2. The molecule has 0 saturated carbocycles. The number of rotatable bonds is 5. The van der Waals surface area contributed by atoms with Gasteiger partial charge in [-0.05, 0) is 49.2 Å². The van der Waals surface area contributed by atoms with Gasteiger partial charge in [-0.15, -0.1) is 0 Å². The predicted molar refractivity (Wildman–Crippen MR) is 118 cm³/mol. The zero-order valence-corrected chi connectivity index (χ0v) is 17.7. The molecule has 8 heteroatoms. The maximum Gasteiger partial charge on any atom is 0.415 e. The van der Waals surface area contributed by atoms with Crippen molar-refractivity contribution in [1.82, 2.24) is 9.97 Å². The zero-order valence-electron chi connectivity index (χ0n) is 17.0. The van der Waals surface area contributed by atoms with E-state index in [0.717, 1.165) is 10.9 Å². The number of aromatic amines is 1. The molecule has 1 aliphatic rings. The molecule has 1 amide bonds. The van der Waals surface area contributed by atoms with Crippen LogP contribution in [0.2, 0.25) is 5.02 Å². The van der Waals surface area contributed by atoms with Gasteiger partial charge in [0.25, 0.3) is 5.56 Å². The fourth-order valence-corrected chi connectivity index (χ4v) is 3.82. The Morgan fingerprint density at radius 3 is 2.77 bits per heavy atom. The highest BCUT2D eigenvalue weighted by atomic mass is 35.5. The number of anilines is 2. The topological polar surface area (TPSA) is 87.3 Å². The van der Waals surface area contributed by atoms with Crippen LogP contribution in [0.1, 0.15) is 32.4 Å². The second-order valence-corrected chi connectivity index (χ2v) is 8.23. The van der Waals surface area contributed by atoms with Crippen LogP contribution in [0.25, 0.3) is 10.9 Å². The highest BCUT2D eigenvalue weighted by Gasteiger charge is 2.37. The largest absolute Gasteiger partial charge is 0.447 e. The number of halogens is 1. The summed E-state index contributed by atoms with van der Waals surface area (Å²) in [7, 11) is 0. The van der Waals surface area contributed by atoms with Gasteiger partial charge in [0.2, 0.25) is 0 Å². The normalized spacial score (nSPS) is 17.4. The van der Waals surface area contributed by atoms with Gasteiger partial charge in [-0.2, -0.15) is 0 Å². The van der Waals surface area contributed by atoms with Crippen molar-refractivity contribution in [1.29, 1.82) is 0 Å². The summed E-state index contributed by atoms with van der Waals surface area (Å²) < 4.78 is 5.22. The molecule has 7 nitrogen and oxygen atoms in total. The molecular weight excluding hydrogens is 404 g/mol. The van der Waals surface area contributed by atoms with Gasteiger partial charge in [-0.25, -0.2) is 9.78 Å². The molecule has 0 spiro atoms. The average molecular weight is 427 g/mol. The molecule has 3 heterocycles. The van der Waals surface area contributed by atoms with E-state index in [-0.39, 0.29) is 23.6 Å². The Labute approximate surface area is 179 Å². The number of nitrogens with zero attached hydrogens (tertiary/aromatic N) is 2. The number of benzene rings is 1. The summed E-state index contributed by atoms with van der Waals surface area (Å²) >= 11 is 6.09. The van der Waals surface area contributed by atoms with E-state index >= 15 is 0 Å². The van der Waals surface area contributed by atoms with Crippen LogP contribution in [0.5, 0.6) is 0 Å². The summed E-state index contributed by atoms with van der Waals surface area (Å²) in [6.45, 7) is 6.32. The molecule has 1 saturated heterocycles. The summed E-state index contributed by atoms with van der Waals surface area (Å²) in [6.07, 6.45) is -0.394. The van der Waals surface area contributed by atoms with E-state index in [1.54, 1.807) is 29.2 Å². The summed E-state index contributed by atoms with van der Waals surface area (Å²) in [5, 5.41) is 4.72. The van der Waals surface area contributed by atoms with Crippen molar-refractivity contribution in [3.63, 3.8) is 0 Å². The lowest BCUT2D eigenvalue weighted by atomic mass is 10.0. The minimum atomic E-state index is -0.394. The van der Waals surface area contributed by atoms with Gasteiger partial charge in [0, 0.05) is 21.5 Å². The molecule has 0 bridgehead atoms. The first-order valence-electron chi connectivity index (χ1n) is 9.85. The van der Waals surface area contributed by atoms with Crippen LogP contribution in [0.3, 0.4) is 0 Å². The van der Waals surface area contributed by atoms with Crippen molar-refractivity contribution in [2.45, 2.75) is 32.9 Å². The van der Waals surface area contributed by atoms with Gasteiger partial charge < -0.3 is 15.0 Å². The van der Waals surface area contributed by atoms with Crippen molar-refractivity contribution >= 4 is 40.2 Å². The quantitative estimate of drug-likeness (QED) is 0.615. The van der Waals surface area contributed by atoms with Crippen LogP contribution in [0.15, 0.2) is 47.3 Å². The van der Waals surface area contributed by atoms with Gasteiger partial charge in [0.15, 0.2) is 0 Å². The molecule has 1 fully saturated rings. The minimum Gasteiger partial charge on any atom is -0.447 e. The Balaban J connectivity index is 1.61. The van der Waals surface area contributed by atoms with Crippen LogP contribution >= 0.6 is 11.6 Å². The fraction of sp³-hybridized carbons (Fsp3) is 0.318. The molecule has 2 atom stereocenters. The lowest BCUT2D eigenvalue weighted by Gasteiger charge is -2.24. The minimum absolute atomic E-state index is 0.0641. The molecule has 1 aliphatic heterocycles. The maximum absolute atomic E-state index is 12.6. The molecule has 2 aromatic heterocycles. The fourth-order valence-electron chi connectivity index (χ4n) is 3.64. The SMILES string of the molecule is CC(C)[C@H]1COC(=O)N1c1cccc(N[C@H](C)c2cc3cc(Cl)ccc3[nH]c2=O)n1. The third-order valence-corrected chi connectivity index (χ3v) is 5.56. The van der Waals surface area contributed by atoms with E-state index in [9.17, 15) is 9.59 Å². The standard InChI is InChI=1S/C22H23ClN4O3/c1-12(2)18-11-30-22(29)27(18)20-6-4-5-19(26-20)24-13(3)16-10-14-9-15(23)7-8-17(14)25-21(16)28/h4-10,12-13,18H,11H2,1-3H3,(H,24,26)(H,25,28)/t13-,18-/m1/s1. The Morgan fingerprint density at radius 1 is 1.20 bits per heavy atom. The molecule has 4 rings (SSSR count). The number of amides is 1. The number of aromatic nitrogens is 2.